The summed E-state index contributed by atoms with van der Waals surface area (Å²) in [5.41, 5.74) is -0.608. The highest BCUT2D eigenvalue weighted by Gasteiger charge is 2.33. The maximum absolute atomic E-state index is 13.0. The van der Waals surface area contributed by atoms with Crippen LogP contribution in [0.1, 0.15) is 10.4 Å². The Morgan fingerprint density at radius 3 is 2.30 bits per heavy atom. The smallest absolute Gasteiger partial charge is 0.395 e. The number of nitrogens with zero attached hydrogens (tertiary/aromatic N) is 1. The van der Waals surface area contributed by atoms with Crippen molar-refractivity contribution in [1.82, 2.24) is 4.90 Å². The van der Waals surface area contributed by atoms with Crippen molar-refractivity contribution in [2.24, 2.45) is 0 Å². The van der Waals surface area contributed by atoms with Gasteiger partial charge in [0.05, 0.1) is 17.2 Å². The molecule has 0 spiro atoms. The number of aliphatic hydroxyl groups is 1. The fourth-order valence-corrected chi connectivity index (χ4v) is 1.68. The van der Waals surface area contributed by atoms with Crippen molar-refractivity contribution < 1.29 is 31.9 Å². The lowest BCUT2D eigenvalue weighted by atomic mass is 10.2. The molecule has 1 rings (SSSR count). The Labute approximate surface area is 115 Å². The number of hydrogen-bond acceptors (Lipinski definition) is 2. The fraction of sp³-hybridized carbons (Fsp3) is 0.364. The summed E-state index contributed by atoms with van der Waals surface area (Å²) in [6.07, 6.45) is -4.70. The predicted molar refractivity (Wildman–Crippen MR) is 60.4 cm³/mol. The first-order valence-corrected chi connectivity index (χ1v) is 5.65. The van der Waals surface area contributed by atoms with Crippen molar-refractivity contribution >= 4 is 17.5 Å². The molecule has 0 atom stereocenters. The molecule has 0 heterocycles. The molecule has 0 aliphatic rings. The van der Waals surface area contributed by atoms with E-state index in [1.54, 1.807) is 0 Å². The van der Waals surface area contributed by atoms with Gasteiger partial charge in [-0.15, -0.1) is 0 Å². The Bertz CT molecular complexity index is 506. The van der Waals surface area contributed by atoms with Crippen LogP contribution in [0.15, 0.2) is 12.1 Å². The Kier molecular flexibility index (Phi) is 5.29. The predicted octanol–water partition coefficient (Wildman–Crippen LogP) is 2.62. The number of rotatable bonds is 4. The molecule has 0 aromatic heterocycles. The Morgan fingerprint density at radius 1 is 1.25 bits per heavy atom. The summed E-state index contributed by atoms with van der Waals surface area (Å²) in [6, 6.07) is 0.912. The Balaban J connectivity index is 3.09. The van der Waals surface area contributed by atoms with Crippen LogP contribution >= 0.6 is 11.6 Å². The average Bonchev–Trinajstić information content (AvgIpc) is 2.31. The van der Waals surface area contributed by atoms with Gasteiger partial charge in [-0.05, 0) is 12.1 Å². The summed E-state index contributed by atoms with van der Waals surface area (Å²) in [5, 5.41) is 8.15. The van der Waals surface area contributed by atoms with Crippen molar-refractivity contribution in [2.75, 3.05) is 19.7 Å². The molecule has 0 radical (unpaired) electrons. The zero-order valence-corrected chi connectivity index (χ0v) is 10.6. The van der Waals surface area contributed by atoms with Gasteiger partial charge in [-0.25, -0.2) is 8.78 Å². The first-order chi connectivity index (χ1) is 9.15. The summed E-state index contributed by atoms with van der Waals surface area (Å²) in [4.78, 5) is 12.1. The van der Waals surface area contributed by atoms with Crippen LogP contribution in [0, 0.1) is 11.6 Å². The SMILES string of the molecule is O=C(c1cc(F)c(F)cc1Cl)N(CCO)CC(F)(F)F. The molecule has 9 heteroatoms. The molecule has 1 N–H and O–H groups in total. The highest BCUT2D eigenvalue weighted by Crippen LogP contribution is 2.23. The maximum atomic E-state index is 13.0. The van der Waals surface area contributed by atoms with Gasteiger partial charge in [-0.1, -0.05) is 11.6 Å². The van der Waals surface area contributed by atoms with Crippen molar-refractivity contribution in [1.29, 1.82) is 0 Å². The van der Waals surface area contributed by atoms with Gasteiger partial charge < -0.3 is 10.0 Å². The lowest BCUT2D eigenvalue weighted by molar-refractivity contribution is -0.141. The first-order valence-electron chi connectivity index (χ1n) is 5.27. The molecule has 0 saturated heterocycles. The van der Waals surface area contributed by atoms with E-state index in [2.05, 4.69) is 0 Å². The maximum Gasteiger partial charge on any atom is 0.406 e. The van der Waals surface area contributed by atoms with E-state index in [0.29, 0.717) is 12.1 Å². The van der Waals surface area contributed by atoms with E-state index in [4.69, 9.17) is 16.7 Å². The molecule has 1 aromatic carbocycles. The number of carbonyl (C=O) groups is 1. The molecular formula is C11H9ClF5NO2. The van der Waals surface area contributed by atoms with Crippen molar-refractivity contribution in [3.05, 3.63) is 34.4 Å². The molecule has 0 aliphatic heterocycles. The van der Waals surface area contributed by atoms with Crippen LogP contribution < -0.4 is 0 Å². The largest absolute Gasteiger partial charge is 0.406 e. The van der Waals surface area contributed by atoms with E-state index in [-0.39, 0.29) is 4.90 Å². The second-order valence-electron chi connectivity index (χ2n) is 3.81. The van der Waals surface area contributed by atoms with Gasteiger partial charge in [0.2, 0.25) is 0 Å². The molecule has 1 aromatic rings. The third kappa shape index (κ3) is 4.31. The minimum Gasteiger partial charge on any atom is -0.395 e. The second-order valence-corrected chi connectivity index (χ2v) is 4.22. The lowest BCUT2D eigenvalue weighted by Crippen LogP contribution is -2.40. The monoisotopic (exact) mass is 317 g/mol. The van der Waals surface area contributed by atoms with Crippen LogP contribution in [0.25, 0.3) is 0 Å². The zero-order valence-electron chi connectivity index (χ0n) is 9.85. The van der Waals surface area contributed by atoms with Crippen LogP contribution in [0.3, 0.4) is 0 Å². The number of amides is 1. The molecule has 20 heavy (non-hydrogen) atoms. The van der Waals surface area contributed by atoms with E-state index in [1.807, 2.05) is 0 Å². The van der Waals surface area contributed by atoms with Gasteiger partial charge in [0.15, 0.2) is 11.6 Å². The standard InChI is InChI=1S/C11H9ClF5NO2/c12-7-4-9(14)8(13)3-6(7)10(20)18(1-2-19)5-11(15,16)17/h3-4,19H,1-2,5H2. The topological polar surface area (TPSA) is 40.5 Å². The number of hydrogen-bond donors (Lipinski definition) is 1. The molecule has 0 aliphatic carbocycles. The summed E-state index contributed by atoms with van der Waals surface area (Å²) in [7, 11) is 0. The fourth-order valence-electron chi connectivity index (χ4n) is 1.45. The summed E-state index contributed by atoms with van der Waals surface area (Å²) in [5.74, 6) is -3.98. The van der Waals surface area contributed by atoms with Gasteiger partial charge in [-0.2, -0.15) is 13.2 Å². The second kappa shape index (κ2) is 6.36. The summed E-state index contributed by atoms with van der Waals surface area (Å²) >= 11 is 5.51. The summed E-state index contributed by atoms with van der Waals surface area (Å²) < 4.78 is 62.8. The van der Waals surface area contributed by atoms with E-state index in [1.165, 1.54) is 0 Å². The highest BCUT2D eigenvalue weighted by atomic mass is 35.5. The quantitative estimate of drug-likeness (QED) is 0.685. The Morgan fingerprint density at radius 2 is 1.80 bits per heavy atom. The average molecular weight is 318 g/mol. The molecule has 3 nitrogen and oxygen atoms in total. The number of halogens is 6. The minimum atomic E-state index is -4.70. The van der Waals surface area contributed by atoms with E-state index >= 15 is 0 Å². The summed E-state index contributed by atoms with van der Waals surface area (Å²) in [6.45, 7) is -2.97. The van der Waals surface area contributed by atoms with Gasteiger partial charge in [0.25, 0.3) is 5.91 Å². The third-order valence-corrected chi connectivity index (χ3v) is 2.58. The van der Waals surface area contributed by atoms with Gasteiger partial charge in [0, 0.05) is 6.54 Å². The normalized spacial score (nSPS) is 11.6. The molecule has 0 fully saturated rings. The number of benzene rings is 1. The van der Waals surface area contributed by atoms with Crippen molar-refractivity contribution in [3.8, 4) is 0 Å². The van der Waals surface area contributed by atoms with Crippen molar-refractivity contribution in [2.45, 2.75) is 6.18 Å². The van der Waals surface area contributed by atoms with Crippen LogP contribution in [0.4, 0.5) is 22.0 Å². The lowest BCUT2D eigenvalue weighted by Gasteiger charge is -2.23. The molecular weight excluding hydrogens is 309 g/mol. The van der Waals surface area contributed by atoms with Crippen LogP contribution in [0.5, 0.6) is 0 Å². The van der Waals surface area contributed by atoms with Gasteiger partial charge in [0.1, 0.15) is 6.54 Å². The van der Waals surface area contributed by atoms with Gasteiger partial charge in [-0.3, -0.25) is 4.79 Å². The third-order valence-electron chi connectivity index (χ3n) is 2.27. The van der Waals surface area contributed by atoms with Crippen LogP contribution in [-0.4, -0.2) is 41.8 Å². The Hall–Kier alpha value is -1.41. The number of carbonyl (C=O) groups excluding carboxylic acids is 1. The van der Waals surface area contributed by atoms with Crippen molar-refractivity contribution in [3.63, 3.8) is 0 Å². The molecule has 1 amide bonds. The minimum absolute atomic E-state index is 0.249. The first kappa shape index (κ1) is 16.6. The molecule has 0 unspecified atom stereocenters. The number of aliphatic hydroxyl groups excluding tert-OH is 1. The number of alkyl halides is 3. The molecule has 112 valence electrons. The molecule has 0 bridgehead atoms. The van der Waals surface area contributed by atoms with E-state index in [0.717, 1.165) is 0 Å². The molecule has 0 saturated carbocycles. The van der Waals surface area contributed by atoms with Crippen LogP contribution in [-0.2, 0) is 0 Å². The van der Waals surface area contributed by atoms with Crippen LogP contribution in [0.2, 0.25) is 5.02 Å². The highest BCUT2D eigenvalue weighted by molar-refractivity contribution is 6.33. The zero-order chi connectivity index (χ0) is 15.5. The van der Waals surface area contributed by atoms with Gasteiger partial charge >= 0.3 is 6.18 Å². The van der Waals surface area contributed by atoms with E-state index < -0.39 is 54.0 Å². The van der Waals surface area contributed by atoms with E-state index in [9.17, 15) is 26.7 Å².